The molecular weight excluding hydrogens is 1480 g/mol. The molecule has 17 atom stereocenters. The van der Waals surface area contributed by atoms with E-state index in [1.165, 1.54) is 199 Å². The number of unbranched alkanes of at least 4 members (excludes halogenated alkanes) is 39. The Balaban J connectivity index is 1.32. The van der Waals surface area contributed by atoms with E-state index in [1.54, 1.807) is 6.08 Å². The van der Waals surface area contributed by atoms with Crippen molar-refractivity contribution in [1.29, 1.82) is 0 Å². The molecule has 3 heterocycles. The summed E-state index contributed by atoms with van der Waals surface area (Å²) in [7, 11) is 0. The molecule has 0 aromatic heterocycles. The van der Waals surface area contributed by atoms with E-state index in [-0.39, 0.29) is 18.9 Å². The minimum absolute atomic E-state index is 0.231. The third-order valence-electron chi connectivity index (χ3n) is 22.5. The Hall–Kier alpha value is -4.07. The Kier molecular flexibility index (Phi) is 69.3. The van der Waals surface area contributed by atoms with Crippen molar-refractivity contribution in [3.05, 3.63) is 134 Å². The molecule has 0 aromatic rings. The molecule has 12 N–H and O–H groups in total. The van der Waals surface area contributed by atoms with Crippen LogP contribution in [0, 0.1) is 0 Å². The fourth-order valence-electron chi connectivity index (χ4n) is 15.0. The van der Waals surface area contributed by atoms with Crippen LogP contribution in [0.4, 0.5) is 0 Å². The van der Waals surface area contributed by atoms with Crippen LogP contribution >= 0.6 is 0 Å². The van der Waals surface area contributed by atoms with Crippen LogP contribution in [-0.2, 0) is 33.2 Å². The average molecular weight is 1650 g/mol. The van der Waals surface area contributed by atoms with E-state index in [0.717, 1.165) is 122 Å². The van der Waals surface area contributed by atoms with Gasteiger partial charge in [-0.2, -0.15) is 0 Å². The first-order valence-corrected chi connectivity index (χ1v) is 46.9. The molecule has 3 aliphatic heterocycles. The van der Waals surface area contributed by atoms with E-state index >= 15 is 0 Å². The van der Waals surface area contributed by atoms with Crippen LogP contribution < -0.4 is 5.32 Å². The van der Waals surface area contributed by atoms with Gasteiger partial charge in [0, 0.05) is 6.42 Å². The van der Waals surface area contributed by atoms with Gasteiger partial charge in [-0.1, -0.05) is 379 Å². The Morgan fingerprint density at radius 2 is 0.590 bits per heavy atom. The van der Waals surface area contributed by atoms with Gasteiger partial charge in [-0.05, 0) is 96.3 Å². The van der Waals surface area contributed by atoms with Crippen LogP contribution in [0.5, 0.6) is 0 Å². The fraction of sp³-hybridized carbons (Fsp3) is 0.765. The molecule has 0 saturated carbocycles. The minimum atomic E-state index is -1.99. The van der Waals surface area contributed by atoms with Gasteiger partial charge in [-0.25, -0.2) is 0 Å². The maximum atomic E-state index is 13.5. The Morgan fingerprint density at radius 3 is 0.923 bits per heavy atom. The van der Waals surface area contributed by atoms with Crippen molar-refractivity contribution in [2.75, 3.05) is 26.4 Å². The summed E-state index contributed by atoms with van der Waals surface area (Å²) in [6, 6.07) is -0.987. The number of hydrogen-bond acceptors (Lipinski definition) is 18. The van der Waals surface area contributed by atoms with Gasteiger partial charge < -0.3 is 89.9 Å². The summed E-state index contributed by atoms with van der Waals surface area (Å²) in [4.78, 5) is 13.5. The van der Waals surface area contributed by atoms with E-state index in [4.69, 9.17) is 28.4 Å². The SMILES string of the molecule is CC/C=C\C/C=C\C/C=C\C/C=C\C/C=C\C/C=C\C/C=C\C/C=C\C/C=C\C/C=C\CCCCCCCCCCCCC(=O)NC(COC1OC(CO)C(OC2OC(CO)C(OC3OC(CO)C(O)C(O)C3O)C(O)C2O)C(O)C1O)C(O)/C=C/CCCCCCCCCCCCCCCCCCCCCCCCCCCCCCC. The van der Waals surface area contributed by atoms with Crippen molar-refractivity contribution in [2.45, 2.75) is 452 Å². The lowest BCUT2D eigenvalue weighted by atomic mass is 9.96. The summed E-state index contributed by atoms with van der Waals surface area (Å²) in [5.41, 5.74) is 0. The van der Waals surface area contributed by atoms with Crippen LogP contribution in [0.25, 0.3) is 0 Å². The van der Waals surface area contributed by atoms with Gasteiger partial charge in [0.2, 0.25) is 5.91 Å². The topological polar surface area (TPSA) is 307 Å². The highest BCUT2D eigenvalue weighted by Crippen LogP contribution is 2.34. The molecule has 3 fully saturated rings. The highest BCUT2D eigenvalue weighted by Gasteiger charge is 2.54. The van der Waals surface area contributed by atoms with E-state index in [1.807, 2.05) is 6.08 Å². The number of aliphatic hydroxyl groups is 11. The zero-order valence-electron chi connectivity index (χ0n) is 72.9. The molecule has 0 aromatic carbocycles. The monoisotopic (exact) mass is 1650 g/mol. The third-order valence-corrected chi connectivity index (χ3v) is 22.5. The predicted molar refractivity (Wildman–Crippen MR) is 475 cm³/mol. The number of aliphatic hydroxyl groups excluding tert-OH is 11. The van der Waals surface area contributed by atoms with E-state index in [0.29, 0.717) is 6.42 Å². The van der Waals surface area contributed by atoms with Crippen LogP contribution in [0.2, 0.25) is 0 Å². The van der Waals surface area contributed by atoms with E-state index < -0.39 is 124 Å². The van der Waals surface area contributed by atoms with Crippen molar-refractivity contribution in [3.8, 4) is 0 Å². The molecule has 3 saturated heterocycles. The Morgan fingerprint density at radius 1 is 0.316 bits per heavy atom. The van der Waals surface area contributed by atoms with E-state index in [9.17, 15) is 61.0 Å². The summed E-state index contributed by atoms with van der Waals surface area (Å²) in [5, 5.41) is 121. The summed E-state index contributed by atoms with van der Waals surface area (Å²) in [5.74, 6) is -0.281. The summed E-state index contributed by atoms with van der Waals surface area (Å²) in [6.07, 6.45) is 83.1. The molecular formula is C98H169NO18. The lowest BCUT2D eigenvalue weighted by molar-refractivity contribution is -0.379. The van der Waals surface area contributed by atoms with Gasteiger partial charge in [0.15, 0.2) is 18.9 Å². The zero-order chi connectivity index (χ0) is 84.5. The molecule has 19 nitrogen and oxygen atoms in total. The van der Waals surface area contributed by atoms with Crippen molar-refractivity contribution >= 4 is 5.91 Å². The Labute approximate surface area is 709 Å². The maximum absolute atomic E-state index is 13.5. The number of allylic oxidation sites excluding steroid dienone is 21. The lowest BCUT2D eigenvalue weighted by Crippen LogP contribution is -2.66. The second kappa shape index (κ2) is 75.7. The molecule has 674 valence electrons. The number of ether oxygens (including phenoxy) is 6. The highest BCUT2D eigenvalue weighted by molar-refractivity contribution is 5.76. The largest absolute Gasteiger partial charge is 0.394 e. The normalized spacial score (nSPS) is 25.0. The number of hydrogen-bond donors (Lipinski definition) is 12. The van der Waals surface area contributed by atoms with Gasteiger partial charge in [-0.3, -0.25) is 4.79 Å². The first-order chi connectivity index (χ1) is 57.3. The molecule has 3 aliphatic rings. The van der Waals surface area contributed by atoms with Gasteiger partial charge in [0.1, 0.15) is 73.2 Å². The number of rotatable bonds is 75. The van der Waals surface area contributed by atoms with Crippen LogP contribution in [-0.4, -0.2) is 193 Å². The molecule has 19 heteroatoms. The molecule has 3 rings (SSSR count). The van der Waals surface area contributed by atoms with Gasteiger partial charge >= 0.3 is 0 Å². The van der Waals surface area contributed by atoms with Crippen LogP contribution in [0.1, 0.15) is 348 Å². The highest BCUT2D eigenvalue weighted by atomic mass is 16.8. The minimum Gasteiger partial charge on any atom is -0.394 e. The maximum Gasteiger partial charge on any atom is 0.220 e. The van der Waals surface area contributed by atoms with Gasteiger partial charge in [-0.15, -0.1) is 0 Å². The number of carbonyl (C=O) groups is 1. The molecule has 1 amide bonds. The van der Waals surface area contributed by atoms with Crippen molar-refractivity contribution in [2.24, 2.45) is 0 Å². The summed E-state index contributed by atoms with van der Waals surface area (Å²) < 4.78 is 34.5. The molecule has 117 heavy (non-hydrogen) atoms. The second-order valence-corrected chi connectivity index (χ2v) is 32.7. The standard InChI is InChI=1S/C98H169NO18/c1-3-5-7-9-11-13-15-17-19-21-23-25-27-29-31-33-35-36-37-38-39-40-41-42-43-44-46-48-50-52-54-56-58-60-62-64-66-68-70-72-74-76-86(104)99-81(82(103)75-73-71-69-67-65-63-61-59-57-55-53-51-49-47-45-34-32-30-28-26-24-22-20-18-16-14-12-10-8-6-4-2)80-112-96-92(110)89(107)94(84(78-101)114-96)117-98-93(111)90(108)95(85(79-102)115-98)116-97-91(109)88(106)87(105)83(77-100)113-97/h5,7,11,13,17,19,23,25,29,31,35-36,38-39,41-42,44,46,50,52,73,75,81-85,87-98,100-103,105-111H,3-4,6,8-10,12,14-16,18,20-22,24,26-28,30,32-34,37,40,43,45,47-49,51,53-72,74,76-80H2,1-2H3,(H,99,104)/b7-5-,13-11-,19-17-,25-23-,31-29-,36-35-,39-38-,42-41-,46-44-,52-50-,75-73+. The second-order valence-electron chi connectivity index (χ2n) is 32.7. The molecule has 0 aliphatic carbocycles. The first-order valence-electron chi connectivity index (χ1n) is 46.9. The summed E-state index contributed by atoms with van der Waals surface area (Å²) >= 11 is 0. The van der Waals surface area contributed by atoms with Crippen molar-refractivity contribution in [3.63, 3.8) is 0 Å². The molecule has 0 spiro atoms. The third kappa shape index (κ3) is 53.6. The van der Waals surface area contributed by atoms with Crippen molar-refractivity contribution in [1.82, 2.24) is 5.32 Å². The van der Waals surface area contributed by atoms with Crippen LogP contribution in [0.3, 0.4) is 0 Å². The zero-order valence-corrected chi connectivity index (χ0v) is 72.9. The fourth-order valence-corrected chi connectivity index (χ4v) is 15.0. The van der Waals surface area contributed by atoms with Crippen molar-refractivity contribution < 1.29 is 89.4 Å². The average Bonchev–Trinajstić information content (AvgIpc) is 0.778. The lowest BCUT2D eigenvalue weighted by Gasteiger charge is -2.48. The quantitative estimate of drug-likeness (QED) is 0.0199. The van der Waals surface area contributed by atoms with Crippen LogP contribution in [0.15, 0.2) is 134 Å². The number of carbonyl (C=O) groups excluding carboxylic acids is 1. The number of amides is 1. The Bertz CT molecular complexity index is 2630. The number of nitrogens with one attached hydrogen (secondary N) is 1. The molecule has 0 bridgehead atoms. The van der Waals surface area contributed by atoms with E-state index in [2.05, 4.69) is 141 Å². The smallest absolute Gasteiger partial charge is 0.220 e. The first kappa shape index (κ1) is 107. The van der Waals surface area contributed by atoms with Gasteiger partial charge in [0.05, 0.1) is 38.6 Å². The predicted octanol–water partition coefficient (Wildman–Crippen LogP) is 18.7. The summed E-state index contributed by atoms with van der Waals surface area (Å²) in [6.45, 7) is 1.65. The molecule has 0 radical (unpaired) electrons. The molecule has 17 unspecified atom stereocenters. The van der Waals surface area contributed by atoms with Gasteiger partial charge in [0.25, 0.3) is 0 Å².